The van der Waals surface area contributed by atoms with Crippen LogP contribution in [0.2, 0.25) is 0 Å². The Morgan fingerprint density at radius 2 is 1.81 bits per heavy atom. The molecule has 1 aliphatic heterocycles. The number of rotatable bonds is 3. The van der Waals surface area contributed by atoms with E-state index in [1.165, 1.54) is 12.5 Å². The molecule has 0 saturated carbocycles. The highest BCUT2D eigenvalue weighted by molar-refractivity contribution is 7.92. The number of carbonyl (C=O) groups is 1. The molecule has 0 bridgehead atoms. The van der Waals surface area contributed by atoms with Crippen LogP contribution in [0.1, 0.15) is 38.7 Å². The summed E-state index contributed by atoms with van der Waals surface area (Å²) in [5.41, 5.74) is 1.21. The molecular formula is C16H23NO3S. The number of benzene rings is 1. The summed E-state index contributed by atoms with van der Waals surface area (Å²) in [7, 11) is -3.36. The molecule has 0 unspecified atom stereocenters. The topological polar surface area (TPSA) is 54.5 Å². The third kappa shape index (κ3) is 3.12. The van der Waals surface area contributed by atoms with E-state index in [1.54, 1.807) is 4.90 Å². The highest BCUT2D eigenvalue weighted by atomic mass is 32.2. The van der Waals surface area contributed by atoms with Crippen molar-refractivity contribution in [1.82, 2.24) is 4.90 Å². The predicted molar refractivity (Wildman–Crippen MR) is 83.9 cm³/mol. The van der Waals surface area contributed by atoms with Gasteiger partial charge in [0.15, 0.2) is 9.84 Å². The minimum Gasteiger partial charge on any atom is -0.336 e. The van der Waals surface area contributed by atoms with Crippen molar-refractivity contribution in [1.29, 1.82) is 0 Å². The van der Waals surface area contributed by atoms with Gasteiger partial charge in [0.1, 0.15) is 5.25 Å². The van der Waals surface area contributed by atoms with Gasteiger partial charge in [0.25, 0.3) is 0 Å². The molecule has 0 aliphatic carbocycles. The lowest BCUT2D eigenvalue weighted by Gasteiger charge is -2.30. The van der Waals surface area contributed by atoms with Crippen molar-refractivity contribution in [2.24, 2.45) is 0 Å². The molecule has 1 saturated heterocycles. The molecule has 1 amide bonds. The third-order valence-corrected chi connectivity index (χ3v) is 6.05. The summed E-state index contributed by atoms with van der Waals surface area (Å²) >= 11 is 0. The molecule has 2 rings (SSSR count). The number of hydrogen-bond donors (Lipinski definition) is 0. The summed E-state index contributed by atoms with van der Waals surface area (Å²) in [6, 6.07) is 10.2. The Morgan fingerprint density at radius 1 is 1.24 bits per heavy atom. The molecular weight excluding hydrogens is 286 g/mol. The monoisotopic (exact) mass is 309 g/mol. The van der Waals surface area contributed by atoms with Gasteiger partial charge in [-0.1, -0.05) is 30.3 Å². The van der Waals surface area contributed by atoms with E-state index in [0.717, 1.165) is 12.7 Å². The van der Waals surface area contributed by atoms with Crippen molar-refractivity contribution in [2.75, 3.05) is 6.26 Å². The maximum absolute atomic E-state index is 12.5. The maximum atomic E-state index is 12.5. The largest absolute Gasteiger partial charge is 0.336 e. The van der Waals surface area contributed by atoms with Crippen molar-refractivity contribution in [3.8, 4) is 0 Å². The van der Waals surface area contributed by atoms with Crippen LogP contribution < -0.4 is 0 Å². The van der Waals surface area contributed by atoms with Crippen LogP contribution >= 0.6 is 0 Å². The van der Waals surface area contributed by atoms with Gasteiger partial charge in [0, 0.05) is 24.3 Å². The second kappa shape index (κ2) is 5.79. The number of amides is 1. The lowest BCUT2D eigenvalue weighted by Crippen LogP contribution is -2.46. The van der Waals surface area contributed by atoms with Gasteiger partial charge in [-0.3, -0.25) is 4.79 Å². The molecule has 5 heteroatoms. The van der Waals surface area contributed by atoms with E-state index in [2.05, 4.69) is 12.1 Å². The average molecular weight is 309 g/mol. The standard InChI is InChI=1S/C16H23NO3S/c1-11-10-15(14-8-6-5-7-9-14)12(2)17(11)16(18)13(3)21(4,19)20/h5-9,11-13,15H,10H2,1-4H3/t11-,12-,13+,15+/m1/s1. The van der Waals surface area contributed by atoms with E-state index in [1.807, 2.05) is 32.0 Å². The Hall–Kier alpha value is -1.36. The molecule has 4 atom stereocenters. The maximum Gasteiger partial charge on any atom is 0.241 e. The van der Waals surface area contributed by atoms with Gasteiger partial charge >= 0.3 is 0 Å². The quantitative estimate of drug-likeness (QED) is 0.860. The van der Waals surface area contributed by atoms with E-state index < -0.39 is 15.1 Å². The Balaban J connectivity index is 2.25. The van der Waals surface area contributed by atoms with Crippen LogP contribution in [0.4, 0.5) is 0 Å². The van der Waals surface area contributed by atoms with Crippen LogP contribution in [-0.2, 0) is 14.6 Å². The summed E-state index contributed by atoms with van der Waals surface area (Å²) in [4.78, 5) is 14.3. The Morgan fingerprint density at radius 3 is 2.33 bits per heavy atom. The molecule has 1 fully saturated rings. The van der Waals surface area contributed by atoms with Crippen LogP contribution in [0.15, 0.2) is 30.3 Å². The average Bonchev–Trinajstić information content (AvgIpc) is 2.72. The molecule has 21 heavy (non-hydrogen) atoms. The molecule has 116 valence electrons. The number of likely N-dealkylation sites (tertiary alicyclic amines) is 1. The second-order valence-electron chi connectivity index (χ2n) is 6.06. The molecule has 4 nitrogen and oxygen atoms in total. The van der Waals surface area contributed by atoms with E-state index in [4.69, 9.17) is 0 Å². The fourth-order valence-electron chi connectivity index (χ4n) is 3.20. The number of sulfone groups is 1. The van der Waals surface area contributed by atoms with Crippen LogP contribution in [0.25, 0.3) is 0 Å². The first-order valence-electron chi connectivity index (χ1n) is 7.29. The molecule has 1 aromatic carbocycles. The SMILES string of the molecule is C[C@@H]1C[C@H](c2ccccc2)[C@@H](C)N1C(=O)[C@H](C)S(C)(=O)=O. The van der Waals surface area contributed by atoms with Gasteiger partial charge in [-0.2, -0.15) is 0 Å². The first-order chi connectivity index (χ1) is 9.73. The normalized spacial score (nSPS) is 27.6. The fourth-order valence-corrected chi connectivity index (χ4v) is 3.69. The zero-order chi connectivity index (χ0) is 15.8. The van der Waals surface area contributed by atoms with Gasteiger partial charge in [-0.05, 0) is 32.8 Å². The highest BCUT2D eigenvalue weighted by Crippen LogP contribution is 2.37. The summed E-state index contributed by atoms with van der Waals surface area (Å²) < 4.78 is 23.3. The van der Waals surface area contributed by atoms with Crippen LogP contribution in [0.5, 0.6) is 0 Å². The third-order valence-electron chi connectivity index (χ3n) is 4.56. The summed E-state index contributed by atoms with van der Waals surface area (Å²) in [6.07, 6.45) is 1.99. The zero-order valence-corrected chi connectivity index (χ0v) is 13.8. The number of carbonyl (C=O) groups excluding carboxylic acids is 1. The van der Waals surface area contributed by atoms with Crippen molar-refractivity contribution < 1.29 is 13.2 Å². The summed E-state index contributed by atoms with van der Waals surface area (Å²) in [6.45, 7) is 5.48. The summed E-state index contributed by atoms with van der Waals surface area (Å²) in [5.74, 6) is -0.0205. The molecule has 0 radical (unpaired) electrons. The lowest BCUT2D eigenvalue weighted by atomic mass is 9.92. The van der Waals surface area contributed by atoms with Crippen LogP contribution in [0, 0.1) is 0 Å². The Bertz CT molecular complexity index is 612. The van der Waals surface area contributed by atoms with Crippen molar-refractivity contribution >= 4 is 15.7 Å². The zero-order valence-electron chi connectivity index (χ0n) is 13.0. The van der Waals surface area contributed by atoms with Crippen LogP contribution in [-0.4, -0.2) is 42.8 Å². The van der Waals surface area contributed by atoms with Gasteiger partial charge in [0.05, 0.1) is 0 Å². The van der Waals surface area contributed by atoms with Gasteiger partial charge in [-0.25, -0.2) is 8.42 Å². The molecule has 0 aromatic heterocycles. The Kier molecular flexibility index (Phi) is 4.42. The van der Waals surface area contributed by atoms with E-state index >= 15 is 0 Å². The highest BCUT2D eigenvalue weighted by Gasteiger charge is 2.42. The smallest absolute Gasteiger partial charge is 0.241 e. The molecule has 0 spiro atoms. The van der Waals surface area contributed by atoms with E-state index in [0.29, 0.717) is 0 Å². The minimum atomic E-state index is -3.36. The van der Waals surface area contributed by atoms with Gasteiger partial charge in [0.2, 0.25) is 5.91 Å². The number of nitrogens with zero attached hydrogens (tertiary/aromatic N) is 1. The lowest BCUT2D eigenvalue weighted by molar-refractivity contribution is -0.132. The first kappa shape index (κ1) is 16.0. The number of hydrogen-bond acceptors (Lipinski definition) is 3. The fraction of sp³-hybridized carbons (Fsp3) is 0.562. The Labute approximate surface area is 127 Å². The van der Waals surface area contributed by atoms with Crippen molar-refractivity contribution in [3.63, 3.8) is 0 Å². The van der Waals surface area contributed by atoms with Gasteiger partial charge < -0.3 is 4.90 Å². The van der Waals surface area contributed by atoms with Crippen molar-refractivity contribution in [2.45, 2.75) is 50.4 Å². The predicted octanol–water partition coefficient (Wildman–Crippen LogP) is 2.21. The van der Waals surface area contributed by atoms with Crippen LogP contribution in [0.3, 0.4) is 0 Å². The van der Waals surface area contributed by atoms with Crippen molar-refractivity contribution in [3.05, 3.63) is 35.9 Å². The molecule has 0 N–H and O–H groups in total. The minimum absolute atomic E-state index is 0.0131. The molecule has 1 aromatic rings. The molecule has 1 heterocycles. The van der Waals surface area contributed by atoms with Gasteiger partial charge in [-0.15, -0.1) is 0 Å². The summed E-state index contributed by atoms with van der Waals surface area (Å²) in [5, 5.41) is -0.975. The second-order valence-corrected chi connectivity index (χ2v) is 8.43. The first-order valence-corrected chi connectivity index (χ1v) is 9.25. The van der Waals surface area contributed by atoms with E-state index in [9.17, 15) is 13.2 Å². The van der Waals surface area contributed by atoms with E-state index in [-0.39, 0.29) is 23.9 Å². The molecule has 1 aliphatic rings.